The quantitative estimate of drug-likeness (QED) is 0.118. The van der Waals surface area contributed by atoms with E-state index < -0.39 is 78.6 Å². The molecule has 182 valence electrons. The summed E-state index contributed by atoms with van der Waals surface area (Å²) in [6.45, 7) is 2.61. The Balaban J connectivity index is 5.58. The van der Waals surface area contributed by atoms with Crippen LogP contribution in [0, 0.1) is 5.92 Å². The van der Waals surface area contributed by atoms with Gasteiger partial charge in [0.15, 0.2) is 0 Å². The number of carbonyl (C=O) groups excluding carboxylic acids is 5. The SMILES string of the molecule is CCC(C)C(NC(=O)C(CC(N)=O)NC(=O)C(CCC(N)=O)NC(=O)C(N)CO)C(=O)O. The zero-order chi connectivity index (χ0) is 25.0. The highest BCUT2D eigenvalue weighted by atomic mass is 16.4. The van der Waals surface area contributed by atoms with Crippen molar-refractivity contribution in [2.24, 2.45) is 23.1 Å². The van der Waals surface area contributed by atoms with E-state index >= 15 is 0 Å². The molecule has 5 atom stereocenters. The van der Waals surface area contributed by atoms with Crippen LogP contribution >= 0.6 is 0 Å². The number of aliphatic hydroxyl groups is 1. The zero-order valence-electron chi connectivity index (χ0n) is 18.0. The normalized spacial score (nSPS) is 15.4. The number of aliphatic carboxylic acids is 1. The van der Waals surface area contributed by atoms with Gasteiger partial charge in [0.2, 0.25) is 29.5 Å². The zero-order valence-corrected chi connectivity index (χ0v) is 18.0. The van der Waals surface area contributed by atoms with Crippen LogP contribution in [0.3, 0.4) is 0 Å². The fraction of sp³-hybridized carbons (Fsp3) is 0.667. The van der Waals surface area contributed by atoms with Crippen LogP contribution in [0.1, 0.15) is 39.5 Å². The molecule has 0 heterocycles. The molecule has 0 rings (SSSR count). The van der Waals surface area contributed by atoms with Crippen LogP contribution in [0.15, 0.2) is 0 Å². The summed E-state index contributed by atoms with van der Waals surface area (Å²) in [4.78, 5) is 71.2. The van der Waals surface area contributed by atoms with E-state index in [1.807, 2.05) is 0 Å². The summed E-state index contributed by atoms with van der Waals surface area (Å²) in [7, 11) is 0. The standard InChI is InChI=1S/C18H32N6O8/c1-3-8(2)14(18(31)32)24-17(30)11(6-13(21)27)23-16(29)10(4-5-12(20)26)22-15(28)9(19)7-25/h8-11,14,25H,3-7,19H2,1-2H3,(H2,20,26)(H2,21,27)(H,22,28)(H,23,29)(H,24,30)(H,31,32). The second-order valence-electron chi connectivity index (χ2n) is 7.30. The van der Waals surface area contributed by atoms with Gasteiger partial charge in [-0.05, 0) is 12.3 Å². The lowest BCUT2D eigenvalue weighted by molar-refractivity contribution is -0.144. The predicted molar refractivity (Wildman–Crippen MR) is 110 cm³/mol. The fourth-order valence-corrected chi connectivity index (χ4v) is 2.54. The third-order valence-corrected chi connectivity index (χ3v) is 4.66. The molecule has 0 saturated heterocycles. The predicted octanol–water partition coefficient (Wildman–Crippen LogP) is -3.97. The molecular formula is C18H32N6O8. The number of primary amides is 2. The van der Waals surface area contributed by atoms with Crippen LogP contribution in [0.4, 0.5) is 0 Å². The Kier molecular flexibility index (Phi) is 12.5. The lowest BCUT2D eigenvalue weighted by Gasteiger charge is -2.26. The molecule has 14 nitrogen and oxygen atoms in total. The number of amides is 5. The third kappa shape index (κ3) is 10.2. The molecule has 0 aliphatic rings. The summed E-state index contributed by atoms with van der Waals surface area (Å²) in [5.74, 6) is -6.34. The van der Waals surface area contributed by atoms with Gasteiger partial charge in [-0.2, -0.15) is 0 Å². The number of aliphatic hydroxyl groups excluding tert-OH is 1. The molecule has 0 radical (unpaired) electrons. The summed E-state index contributed by atoms with van der Waals surface area (Å²) in [5.41, 5.74) is 15.6. The summed E-state index contributed by atoms with van der Waals surface area (Å²) in [6, 6.07) is -5.57. The smallest absolute Gasteiger partial charge is 0.326 e. The summed E-state index contributed by atoms with van der Waals surface area (Å²) in [6.07, 6.45) is -0.803. The summed E-state index contributed by atoms with van der Waals surface area (Å²) < 4.78 is 0. The van der Waals surface area contributed by atoms with Crippen molar-refractivity contribution in [1.82, 2.24) is 16.0 Å². The first-order valence-electron chi connectivity index (χ1n) is 9.90. The molecule has 0 aromatic carbocycles. The van der Waals surface area contributed by atoms with Crippen LogP contribution in [0.25, 0.3) is 0 Å². The van der Waals surface area contributed by atoms with Gasteiger partial charge in [0.1, 0.15) is 24.2 Å². The minimum Gasteiger partial charge on any atom is -0.480 e. The van der Waals surface area contributed by atoms with Gasteiger partial charge in [0.05, 0.1) is 13.0 Å². The molecule has 11 N–H and O–H groups in total. The van der Waals surface area contributed by atoms with Crippen molar-refractivity contribution < 1.29 is 39.0 Å². The van der Waals surface area contributed by atoms with Gasteiger partial charge < -0.3 is 43.4 Å². The van der Waals surface area contributed by atoms with Gasteiger partial charge in [-0.3, -0.25) is 24.0 Å². The molecule has 5 amide bonds. The highest BCUT2D eigenvalue weighted by Crippen LogP contribution is 2.09. The Morgan fingerprint density at radius 1 is 0.875 bits per heavy atom. The molecule has 0 fully saturated rings. The van der Waals surface area contributed by atoms with Crippen LogP contribution in [0.2, 0.25) is 0 Å². The molecule has 5 unspecified atom stereocenters. The highest BCUT2D eigenvalue weighted by molar-refractivity contribution is 5.96. The average Bonchev–Trinajstić information content (AvgIpc) is 2.71. The maximum absolute atomic E-state index is 12.7. The Morgan fingerprint density at radius 3 is 1.84 bits per heavy atom. The second-order valence-corrected chi connectivity index (χ2v) is 7.30. The first-order chi connectivity index (χ1) is 14.8. The lowest BCUT2D eigenvalue weighted by Crippen LogP contribution is -2.58. The first kappa shape index (κ1) is 28.7. The van der Waals surface area contributed by atoms with Crippen molar-refractivity contribution in [2.45, 2.75) is 63.7 Å². The van der Waals surface area contributed by atoms with Crippen molar-refractivity contribution in [3.05, 3.63) is 0 Å². The van der Waals surface area contributed by atoms with Crippen molar-refractivity contribution in [1.29, 1.82) is 0 Å². The molecule has 0 aliphatic carbocycles. The number of rotatable bonds is 15. The number of nitrogens with one attached hydrogen (secondary N) is 3. The Morgan fingerprint density at radius 2 is 1.41 bits per heavy atom. The number of nitrogens with two attached hydrogens (primary N) is 3. The van der Waals surface area contributed by atoms with E-state index in [0.717, 1.165) is 0 Å². The summed E-state index contributed by atoms with van der Waals surface area (Å²) >= 11 is 0. The van der Waals surface area contributed by atoms with E-state index in [1.165, 1.54) is 0 Å². The van der Waals surface area contributed by atoms with Crippen LogP contribution < -0.4 is 33.2 Å². The molecule has 0 spiro atoms. The molecule has 0 aromatic heterocycles. The maximum Gasteiger partial charge on any atom is 0.326 e. The second kappa shape index (κ2) is 13.9. The van der Waals surface area contributed by atoms with E-state index in [2.05, 4.69) is 16.0 Å². The van der Waals surface area contributed by atoms with Crippen LogP contribution in [-0.2, 0) is 28.8 Å². The van der Waals surface area contributed by atoms with E-state index in [1.54, 1.807) is 13.8 Å². The van der Waals surface area contributed by atoms with E-state index in [4.69, 9.17) is 22.3 Å². The number of carboxylic acids is 1. The minimum absolute atomic E-state index is 0.263. The molecule has 14 heteroatoms. The molecule has 0 saturated carbocycles. The van der Waals surface area contributed by atoms with Crippen molar-refractivity contribution in [2.75, 3.05) is 6.61 Å². The fourth-order valence-electron chi connectivity index (χ4n) is 2.54. The molecular weight excluding hydrogens is 428 g/mol. The highest BCUT2D eigenvalue weighted by Gasteiger charge is 2.32. The van der Waals surface area contributed by atoms with E-state index in [9.17, 15) is 33.9 Å². The lowest BCUT2D eigenvalue weighted by atomic mass is 9.98. The Bertz CT molecular complexity index is 716. The number of hydrogen-bond donors (Lipinski definition) is 8. The average molecular weight is 460 g/mol. The van der Waals surface area contributed by atoms with Gasteiger partial charge in [-0.25, -0.2) is 4.79 Å². The maximum atomic E-state index is 12.7. The number of carbonyl (C=O) groups is 6. The van der Waals surface area contributed by atoms with Gasteiger partial charge in [-0.1, -0.05) is 20.3 Å². The molecule has 0 aromatic rings. The van der Waals surface area contributed by atoms with Gasteiger partial charge in [0, 0.05) is 6.42 Å². The number of hydrogen-bond acceptors (Lipinski definition) is 8. The number of carboxylic acid groups (broad SMARTS) is 1. The topological polar surface area (TPSA) is 257 Å². The summed E-state index contributed by atoms with van der Waals surface area (Å²) in [5, 5.41) is 25.0. The largest absolute Gasteiger partial charge is 0.480 e. The minimum atomic E-state index is -1.55. The van der Waals surface area contributed by atoms with E-state index in [0.29, 0.717) is 6.42 Å². The van der Waals surface area contributed by atoms with Crippen molar-refractivity contribution in [3.8, 4) is 0 Å². The molecule has 0 bridgehead atoms. The monoisotopic (exact) mass is 460 g/mol. The van der Waals surface area contributed by atoms with Crippen LogP contribution in [-0.4, -0.2) is 76.5 Å². The third-order valence-electron chi connectivity index (χ3n) is 4.66. The van der Waals surface area contributed by atoms with Crippen molar-refractivity contribution in [3.63, 3.8) is 0 Å². The van der Waals surface area contributed by atoms with Gasteiger partial charge >= 0.3 is 5.97 Å². The van der Waals surface area contributed by atoms with Gasteiger partial charge in [0.25, 0.3) is 0 Å². The van der Waals surface area contributed by atoms with Crippen molar-refractivity contribution >= 4 is 35.5 Å². The first-order valence-corrected chi connectivity index (χ1v) is 9.90. The molecule has 32 heavy (non-hydrogen) atoms. The Labute approximate surface area is 184 Å². The Hall–Kier alpha value is -3.26. The van der Waals surface area contributed by atoms with Gasteiger partial charge in [-0.15, -0.1) is 0 Å². The molecule has 0 aliphatic heterocycles. The van der Waals surface area contributed by atoms with Crippen LogP contribution in [0.5, 0.6) is 0 Å². The van der Waals surface area contributed by atoms with E-state index in [-0.39, 0.29) is 12.8 Å².